The SMILES string of the molecule is CCCNc1cc(C(=O)Nc2c(C)cc(C)cc2Cl)nc(C)n1. The summed E-state index contributed by atoms with van der Waals surface area (Å²) in [4.78, 5) is 21.0. The number of carbonyl (C=O) groups is 1. The number of anilines is 2. The standard InChI is InChI=1S/C17H21ClN4O/c1-5-6-19-15-9-14(20-12(4)21-15)17(23)22-16-11(3)7-10(2)8-13(16)18/h7-9H,5-6H2,1-4H3,(H,22,23)(H,19,20,21). The van der Waals surface area contributed by atoms with Gasteiger partial charge < -0.3 is 10.6 Å². The first-order chi connectivity index (χ1) is 10.9. The third-order valence-corrected chi connectivity index (χ3v) is 3.60. The molecule has 2 rings (SSSR count). The molecular formula is C17H21ClN4O. The van der Waals surface area contributed by atoms with E-state index < -0.39 is 0 Å². The Balaban J connectivity index is 2.26. The monoisotopic (exact) mass is 332 g/mol. The maximum absolute atomic E-state index is 12.5. The zero-order valence-corrected chi connectivity index (χ0v) is 14.6. The minimum absolute atomic E-state index is 0.302. The van der Waals surface area contributed by atoms with Gasteiger partial charge in [-0.2, -0.15) is 0 Å². The summed E-state index contributed by atoms with van der Waals surface area (Å²) >= 11 is 6.24. The maximum atomic E-state index is 12.5. The summed E-state index contributed by atoms with van der Waals surface area (Å²) in [5.74, 6) is 0.892. The van der Waals surface area contributed by atoms with Gasteiger partial charge in [0.05, 0.1) is 10.7 Å². The van der Waals surface area contributed by atoms with Gasteiger partial charge in [0.15, 0.2) is 0 Å². The fourth-order valence-electron chi connectivity index (χ4n) is 2.28. The van der Waals surface area contributed by atoms with E-state index in [1.165, 1.54) is 0 Å². The summed E-state index contributed by atoms with van der Waals surface area (Å²) in [6.45, 7) is 8.49. The smallest absolute Gasteiger partial charge is 0.274 e. The van der Waals surface area contributed by atoms with E-state index in [1.807, 2.05) is 26.0 Å². The first-order valence-corrected chi connectivity index (χ1v) is 7.96. The Morgan fingerprint density at radius 2 is 1.91 bits per heavy atom. The van der Waals surface area contributed by atoms with Crippen LogP contribution in [-0.4, -0.2) is 22.4 Å². The molecule has 0 saturated carbocycles. The minimum Gasteiger partial charge on any atom is -0.370 e. The van der Waals surface area contributed by atoms with E-state index in [0.717, 1.165) is 24.1 Å². The van der Waals surface area contributed by atoms with Gasteiger partial charge >= 0.3 is 0 Å². The van der Waals surface area contributed by atoms with Crippen molar-refractivity contribution < 1.29 is 4.79 Å². The van der Waals surface area contributed by atoms with E-state index in [1.54, 1.807) is 13.0 Å². The molecule has 1 heterocycles. The van der Waals surface area contributed by atoms with Crippen LogP contribution in [0.1, 0.15) is 40.8 Å². The van der Waals surface area contributed by atoms with Crippen LogP contribution < -0.4 is 10.6 Å². The summed E-state index contributed by atoms with van der Waals surface area (Å²) in [5.41, 5.74) is 2.89. The van der Waals surface area contributed by atoms with Gasteiger partial charge in [0.2, 0.25) is 0 Å². The zero-order chi connectivity index (χ0) is 17.0. The van der Waals surface area contributed by atoms with Crippen LogP contribution >= 0.6 is 11.6 Å². The molecule has 0 unspecified atom stereocenters. The van der Waals surface area contributed by atoms with E-state index in [9.17, 15) is 4.79 Å². The Morgan fingerprint density at radius 1 is 1.17 bits per heavy atom. The fourth-order valence-corrected chi connectivity index (χ4v) is 2.65. The lowest BCUT2D eigenvalue weighted by atomic mass is 10.1. The second kappa shape index (κ2) is 7.42. The Labute approximate surface area is 141 Å². The number of nitrogens with zero attached hydrogens (tertiary/aromatic N) is 2. The average molecular weight is 333 g/mol. The molecule has 0 spiro atoms. The number of rotatable bonds is 5. The molecule has 1 aromatic carbocycles. The molecular weight excluding hydrogens is 312 g/mol. The van der Waals surface area contributed by atoms with Crippen molar-refractivity contribution in [3.8, 4) is 0 Å². The topological polar surface area (TPSA) is 66.9 Å². The highest BCUT2D eigenvalue weighted by atomic mass is 35.5. The summed E-state index contributed by atoms with van der Waals surface area (Å²) in [6.07, 6.45) is 0.975. The first kappa shape index (κ1) is 17.2. The Morgan fingerprint density at radius 3 is 2.57 bits per heavy atom. The lowest BCUT2D eigenvalue weighted by molar-refractivity contribution is 0.102. The van der Waals surface area contributed by atoms with Crippen LogP contribution in [0.2, 0.25) is 5.02 Å². The maximum Gasteiger partial charge on any atom is 0.274 e. The number of carbonyl (C=O) groups excluding carboxylic acids is 1. The number of nitrogens with one attached hydrogen (secondary N) is 2. The van der Waals surface area contributed by atoms with Gasteiger partial charge in [-0.05, 0) is 44.4 Å². The molecule has 122 valence electrons. The van der Waals surface area contributed by atoms with E-state index in [0.29, 0.717) is 28.0 Å². The largest absolute Gasteiger partial charge is 0.370 e. The average Bonchev–Trinajstić information content (AvgIpc) is 2.48. The van der Waals surface area contributed by atoms with Crippen LogP contribution in [0.5, 0.6) is 0 Å². The van der Waals surface area contributed by atoms with Crippen molar-refractivity contribution in [2.24, 2.45) is 0 Å². The molecule has 0 saturated heterocycles. The Bertz CT molecular complexity index is 708. The quantitative estimate of drug-likeness (QED) is 0.864. The normalized spacial score (nSPS) is 10.5. The van der Waals surface area contributed by atoms with Crippen LogP contribution in [0.15, 0.2) is 18.2 Å². The third kappa shape index (κ3) is 4.42. The fraction of sp³-hybridized carbons (Fsp3) is 0.353. The molecule has 0 fully saturated rings. The molecule has 0 aliphatic carbocycles. The van der Waals surface area contributed by atoms with Gasteiger partial charge in [0, 0.05) is 12.6 Å². The minimum atomic E-state index is -0.302. The van der Waals surface area contributed by atoms with Crippen molar-refractivity contribution in [2.45, 2.75) is 34.1 Å². The van der Waals surface area contributed by atoms with Gasteiger partial charge in [-0.3, -0.25) is 4.79 Å². The molecule has 5 nitrogen and oxygen atoms in total. The third-order valence-electron chi connectivity index (χ3n) is 3.30. The van der Waals surface area contributed by atoms with E-state index in [2.05, 4.69) is 27.5 Å². The highest BCUT2D eigenvalue weighted by Gasteiger charge is 2.14. The van der Waals surface area contributed by atoms with Crippen LogP contribution in [0.4, 0.5) is 11.5 Å². The van der Waals surface area contributed by atoms with Crippen LogP contribution in [0.3, 0.4) is 0 Å². The summed E-state index contributed by atoms with van der Waals surface area (Å²) in [6, 6.07) is 5.44. The molecule has 1 aromatic heterocycles. The second-order valence-corrected chi connectivity index (χ2v) is 5.91. The van der Waals surface area contributed by atoms with E-state index in [-0.39, 0.29) is 5.91 Å². The van der Waals surface area contributed by atoms with Crippen molar-refractivity contribution in [1.29, 1.82) is 0 Å². The molecule has 1 amide bonds. The molecule has 0 radical (unpaired) electrons. The number of halogens is 1. The highest BCUT2D eigenvalue weighted by molar-refractivity contribution is 6.34. The number of hydrogen-bond acceptors (Lipinski definition) is 4. The van der Waals surface area contributed by atoms with Crippen molar-refractivity contribution in [3.05, 3.63) is 45.9 Å². The van der Waals surface area contributed by atoms with Crippen molar-refractivity contribution >= 4 is 29.0 Å². The van der Waals surface area contributed by atoms with Crippen molar-refractivity contribution in [1.82, 2.24) is 9.97 Å². The lowest BCUT2D eigenvalue weighted by Crippen LogP contribution is -2.17. The molecule has 2 aromatic rings. The number of amides is 1. The lowest BCUT2D eigenvalue weighted by Gasteiger charge is -2.12. The molecule has 0 aliphatic rings. The van der Waals surface area contributed by atoms with E-state index >= 15 is 0 Å². The number of aromatic nitrogens is 2. The Hall–Kier alpha value is -2.14. The molecule has 23 heavy (non-hydrogen) atoms. The predicted octanol–water partition coefficient (Wildman–Crippen LogP) is 4.13. The van der Waals surface area contributed by atoms with E-state index in [4.69, 9.17) is 11.6 Å². The van der Waals surface area contributed by atoms with Gasteiger partial charge in [0.25, 0.3) is 5.91 Å². The highest BCUT2D eigenvalue weighted by Crippen LogP contribution is 2.27. The van der Waals surface area contributed by atoms with Crippen molar-refractivity contribution in [2.75, 3.05) is 17.2 Å². The predicted molar refractivity (Wildman–Crippen MR) is 94.4 cm³/mol. The molecule has 0 aliphatic heterocycles. The van der Waals surface area contributed by atoms with Gasteiger partial charge in [-0.25, -0.2) is 9.97 Å². The second-order valence-electron chi connectivity index (χ2n) is 5.51. The van der Waals surface area contributed by atoms with Gasteiger partial charge in [0.1, 0.15) is 17.3 Å². The zero-order valence-electron chi connectivity index (χ0n) is 13.8. The Kier molecular flexibility index (Phi) is 5.55. The van der Waals surface area contributed by atoms with Crippen LogP contribution in [0, 0.1) is 20.8 Å². The number of benzene rings is 1. The molecule has 0 bridgehead atoms. The molecule has 0 atom stereocenters. The van der Waals surface area contributed by atoms with Crippen LogP contribution in [-0.2, 0) is 0 Å². The first-order valence-electron chi connectivity index (χ1n) is 7.58. The summed E-state index contributed by atoms with van der Waals surface area (Å²) in [7, 11) is 0. The van der Waals surface area contributed by atoms with Gasteiger partial charge in [-0.1, -0.05) is 24.6 Å². The number of aryl methyl sites for hydroxylation is 3. The molecule has 2 N–H and O–H groups in total. The molecule has 6 heteroatoms. The number of hydrogen-bond donors (Lipinski definition) is 2. The van der Waals surface area contributed by atoms with Gasteiger partial charge in [-0.15, -0.1) is 0 Å². The van der Waals surface area contributed by atoms with Crippen molar-refractivity contribution in [3.63, 3.8) is 0 Å². The summed E-state index contributed by atoms with van der Waals surface area (Å²) < 4.78 is 0. The van der Waals surface area contributed by atoms with Crippen LogP contribution in [0.25, 0.3) is 0 Å². The summed E-state index contributed by atoms with van der Waals surface area (Å²) in [5, 5.41) is 6.53.